The predicted molar refractivity (Wildman–Crippen MR) is 219 cm³/mol. The summed E-state index contributed by atoms with van der Waals surface area (Å²) >= 11 is 0. The van der Waals surface area contributed by atoms with E-state index in [2.05, 4.69) is 168 Å². The van der Waals surface area contributed by atoms with Crippen LogP contribution in [0, 0.1) is 0 Å². The first kappa shape index (κ1) is 36.8. The molecule has 0 aliphatic rings. The van der Waals surface area contributed by atoms with Gasteiger partial charge in [-0.3, -0.25) is 4.98 Å². The Morgan fingerprint density at radius 2 is 1.18 bits per heavy atom. The van der Waals surface area contributed by atoms with Crippen LogP contribution in [0.2, 0.25) is 39.3 Å². The van der Waals surface area contributed by atoms with Crippen LogP contribution in [0.4, 0.5) is 0 Å². The van der Waals surface area contributed by atoms with Gasteiger partial charge in [-0.25, -0.2) is 4.98 Å². The molecule has 6 heteroatoms. The Morgan fingerprint density at radius 1 is 0.612 bits per heavy atom. The minimum absolute atomic E-state index is 0.0610. The van der Waals surface area contributed by atoms with E-state index < -0.39 is 16.1 Å². The van der Waals surface area contributed by atoms with Crippen LogP contribution < -0.4 is 10.4 Å². The maximum atomic E-state index is 11.9. The molecule has 4 nitrogen and oxygen atoms in total. The van der Waals surface area contributed by atoms with Gasteiger partial charge in [0.15, 0.2) is 0 Å². The monoisotopic (exact) mass is 689 g/mol. The summed E-state index contributed by atoms with van der Waals surface area (Å²) in [4.78, 5) is 10.3. The third-order valence-electron chi connectivity index (χ3n) is 9.91. The number of fused-ring (bicyclic) bond motifs is 1. The summed E-state index contributed by atoms with van der Waals surface area (Å²) < 4.78 is 2.20. The second-order valence-electron chi connectivity index (χ2n) is 19.3. The Morgan fingerprint density at radius 3 is 1.73 bits per heavy atom. The quantitative estimate of drug-likeness (QED) is 0.187. The van der Waals surface area contributed by atoms with Gasteiger partial charge in [0.2, 0.25) is 0 Å². The number of hydrogen-bond acceptors (Lipinski definition) is 3. The van der Waals surface area contributed by atoms with Crippen molar-refractivity contribution in [3.8, 4) is 39.5 Å². The number of rotatable bonds is 5. The molecule has 1 N–H and O–H groups in total. The van der Waals surface area contributed by atoms with Gasteiger partial charge in [0, 0.05) is 29.9 Å². The number of pyridine rings is 1. The first-order chi connectivity index (χ1) is 22.3. The molecular formula is C43H59N3OSi2. The molecule has 0 unspecified atom stereocenters. The van der Waals surface area contributed by atoms with Crippen LogP contribution in [0.15, 0.2) is 60.8 Å². The molecule has 49 heavy (non-hydrogen) atoms. The second-order valence-corrected chi connectivity index (χ2v) is 29.4. The van der Waals surface area contributed by atoms with Crippen molar-refractivity contribution >= 4 is 37.6 Å². The molecule has 0 atom stereocenters. The van der Waals surface area contributed by atoms with E-state index in [1.54, 1.807) is 0 Å². The van der Waals surface area contributed by atoms with E-state index in [-0.39, 0.29) is 16.2 Å². The summed E-state index contributed by atoms with van der Waals surface area (Å²) in [5.41, 5.74) is 10.3. The zero-order valence-corrected chi connectivity index (χ0v) is 35.1. The SMILES string of the molecule is Cn1c(-c2cc(C(C)(C)C)cc(C(C)(C)C)c2O)nc2c(-c3cc(-c4cc([Si](C)(C)C)ccn4)cc(C(C)(C)C)c3)cc([Si](C)(C)C)cc21. The number of imidazole rings is 1. The maximum absolute atomic E-state index is 11.9. The minimum atomic E-state index is -1.74. The van der Waals surface area contributed by atoms with Crippen molar-refractivity contribution in [1.29, 1.82) is 0 Å². The number of phenols is 1. The van der Waals surface area contributed by atoms with Gasteiger partial charge in [0.25, 0.3) is 0 Å². The molecule has 0 saturated heterocycles. The molecule has 0 amide bonds. The molecule has 2 heterocycles. The van der Waals surface area contributed by atoms with Crippen molar-refractivity contribution in [1.82, 2.24) is 14.5 Å². The average Bonchev–Trinajstić information content (AvgIpc) is 3.30. The van der Waals surface area contributed by atoms with Crippen molar-refractivity contribution in [3.05, 3.63) is 77.5 Å². The molecule has 0 aliphatic heterocycles. The average molecular weight is 690 g/mol. The summed E-state index contributed by atoms with van der Waals surface area (Å²) in [6, 6.07) is 20.6. The number of aromatic nitrogens is 3. The fourth-order valence-corrected chi connectivity index (χ4v) is 8.70. The van der Waals surface area contributed by atoms with E-state index in [9.17, 15) is 5.11 Å². The smallest absolute Gasteiger partial charge is 0.144 e. The third kappa shape index (κ3) is 7.37. The van der Waals surface area contributed by atoms with Gasteiger partial charge in [-0.2, -0.15) is 0 Å². The number of hydrogen-bond donors (Lipinski definition) is 1. The fourth-order valence-electron chi connectivity index (χ4n) is 6.41. The number of aromatic hydroxyl groups is 1. The highest BCUT2D eigenvalue weighted by Crippen LogP contribution is 2.43. The van der Waals surface area contributed by atoms with E-state index >= 15 is 0 Å². The van der Waals surface area contributed by atoms with Crippen molar-refractivity contribution in [2.24, 2.45) is 7.05 Å². The maximum Gasteiger partial charge on any atom is 0.144 e. The van der Waals surface area contributed by atoms with Crippen LogP contribution >= 0.6 is 0 Å². The summed E-state index contributed by atoms with van der Waals surface area (Å²) in [5, 5.41) is 14.7. The van der Waals surface area contributed by atoms with Gasteiger partial charge in [-0.05, 0) is 69.3 Å². The van der Waals surface area contributed by atoms with E-state index in [1.165, 1.54) is 21.5 Å². The highest BCUT2D eigenvalue weighted by Gasteiger charge is 2.29. The Kier molecular flexibility index (Phi) is 9.07. The Bertz CT molecular complexity index is 2050. The lowest BCUT2D eigenvalue weighted by Crippen LogP contribution is -2.37. The van der Waals surface area contributed by atoms with Crippen LogP contribution in [-0.2, 0) is 23.3 Å². The zero-order chi connectivity index (χ0) is 36.6. The summed E-state index contributed by atoms with van der Waals surface area (Å²) in [7, 11) is -1.17. The minimum Gasteiger partial charge on any atom is -0.507 e. The molecule has 2 aromatic heterocycles. The van der Waals surface area contributed by atoms with Gasteiger partial charge in [-0.15, -0.1) is 0 Å². The summed E-state index contributed by atoms with van der Waals surface area (Å²) in [5.74, 6) is 1.10. The predicted octanol–water partition coefficient (Wildman–Crippen LogP) is 10.7. The normalized spacial score (nSPS) is 13.4. The lowest BCUT2D eigenvalue weighted by molar-refractivity contribution is 0.446. The molecule has 0 saturated carbocycles. The molecule has 0 spiro atoms. The molecule has 5 aromatic rings. The number of aryl methyl sites for hydroxylation is 1. The molecule has 0 bridgehead atoms. The largest absolute Gasteiger partial charge is 0.507 e. The van der Waals surface area contributed by atoms with E-state index in [1.807, 2.05) is 6.20 Å². The van der Waals surface area contributed by atoms with Crippen LogP contribution in [0.1, 0.15) is 79.0 Å². The lowest BCUT2D eigenvalue weighted by atomic mass is 9.79. The Balaban J connectivity index is 1.87. The number of nitrogens with zero attached hydrogens (tertiary/aromatic N) is 3. The zero-order valence-electron chi connectivity index (χ0n) is 33.1. The molecule has 260 valence electrons. The van der Waals surface area contributed by atoms with Gasteiger partial charge in [-0.1, -0.05) is 130 Å². The Labute approximate surface area is 298 Å². The van der Waals surface area contributed by atoms with Crippen molar-refractivity contribution in [3.63, 3.8) is 0 Å². The van der Waals surface area contributed by atoms with Crippen LogP contribution in [0.25, 0.3) is 44.8 Å². The van der Waals surface area contributed by atoms with Gasteiger partial charge >= 0.3 is 0 Å². The third-order valence-corrected chi connectivity index (χ3v) is 14.0. The van der Waals surface area contributed by atoms with Crippen molar-refractivity contribution < 1.29 is 5.11 Å². The van der Waals surface area contributed by atoms with E-state index in [0.717, 1.165) is 50.4 Å². The summed E-state index contributed by atoms with van der Waals surface area (Å²) in [6.45, 7) is 34.4. The topological polar surface area (TPSA) is 50.9 Å². The van der Waals surface area contributed by atoms with Crippen LogP contribution in [-0.4, -0.2) is 35.8 Å². The number of phenolic OH excluding ortho intramolecular Hbond substituents is 1. The standard InChI is InChI=1S/C43H59N3OSi2/c1-41(2,3)29-20-27(19-28(21-29)36-25-31(17-18-44-36)48(11,12)13)33-24-32(49(14,15)16)26-37-38(33)45-40(46(37)10)34-22-30(42(4,5)6)23-35(39(34)47)43(7,8)9/h17-26,47H,1-16H3. The first-order valence-corrected chi connectivity index (χ1v) is 24.8. The molecule has 0 aliphatic carbocycles. The molecular weight excluding hydrogens is 631 g/mol. The lowest BCUT2D eigenvalue weighted by Gasteiger charge is -2.27. The summed E-state index contributed by atoms with van der Waals surface area (Å²) in [6.07, 6.45) is 1.98. The van der Waals surface area contributed by atoms with Crippen LogP contribution in [0.3, 0.4) is 0 Å². The molecule has 3 aromatic carbocycles. The molecule has 0 radical (unpaired) electrons. The van der Waals surface area contributed by atoms with Gasteiger partial charge < -0.3 is 9.67 Å². The fraction of sp³-hybridized carbons (Fsp3) is 0.442. The van der Waals surface area contributed by atoms with E-state index in [0.29, 0.717) is 5.75 Å². The highest BCUT2D eigenvalue weighted by molar-refractivity contribution is 6.89. The highest BCUT2D eigenvalue weighted by atomic mass is 28.3. The molecule has 0 fully saturated rings. The first-order valence-electron chi connectivity index (χ1n) is 17.8. The Hall–Kier alpha value is -3.49. The van der Waals surface area contributed by atoms with Crippen molar-refractivity contribution in [2.45, 2.75) is 118 Å². The number of benzene rings is 3. The molecule has 5 rings (SSSR count). The van der Waals surface area contributed by atoms with Gasteiger partial charge in [0.05, 0.1) is 38.4 Å². The van der Waals surface area contributed by atoms with Gasteiger partial charge in [0.1, 0.15) is 11.6 Å². The van der Waals surface area contributed by atoms with E-state index in [4.69, 9.17) is 9.97 Å². The van der Waals surface area contributed by atoms with Crippen LogP contribution in [0.5, 0.6) is 5.75 Å². The second kappa shape index (κ2) is 12.1. The van der Waals surface area contributed by atoms with Crippen molar-refractivity contribution in [2.75, 3.05) is 0 Å².